The van der Waals surface area contributed by atoms with Crippen molar-refractivity contribution in [2.75, 3.05) is 52.3 Å². The molecule has 0 unspecified atom stereocenters. The number of esters is 2. The normalized spacial score (nSPS) is 13.9. The number of anilines is 1. The van der Waals surface area contributed by atoms with Gasteiger partial charge in [0.15, 0.2) is 0 Å². The summed E-state index contributed by atoms with van der Waals surface area (Å²) in [4.78, 5) is 26.7. The van der Waals surface area contributed by atoms with Crippen molar-refractivity contribution in [1.82, 2.24) is 4.90 Å². The van der Waals surface area contributed by atoms with Crippen molar-refractivity contribution < 1.29 is 23.5 Å². The van der Waals surface area contributed by atoms with E-state index in [9.17, 15) is 14.0 Å². The van der Waals surface area contributed by atoms with Gasteiger partial charge in [0, 0.05) is 31.9 Å². The van der Waals surface area contributed by atoms with Crippen LogP contribution in [0.2, 0.25) is 0 Å². The number of ether oxygens (including phenoxy) is 2. The van der Waals surface area contributed by atoms with Gasteiger partial charge in [-0.1, -0.05) is 0 Å². The molecule has 2 aromatic rings. The first-order valence-electron chi connectivity index (χ1n) is 8.90. The molecule has 0 radical (unpaired) electrons. The fraction of sp³-hybridized carbons (Fsp3) is 0.333. The van der Waals surface area contributed by atoms with Crippen LogP contribution in [0.15, 0.2) is 48.5 Å². The van der Waals surface area contributed by atoms with E-state index in [0.717, 1.165) is 26.2 Å². The molecule has 7 heteroatoms. The number of nitrogens with zero attached hydrogens (tertiary/aromatic N) is 2. The zero-order valence-corrected chi connectivity index (χ0v) is 16.4. The molecule has 0 N–H and O–H groups in total. The molecule has 1 heterocycles. The quantitative estimate of drug-likeness (QED) is 0.754. The first-order valence-corrected chi connectivity index (χ1v) is 8.90. The van der Waals surface area contributed by atoms with Crippen molar-refractivity contribution >= 4 is 17.6 Å². The first kappa shape index (κ1) is 21.4. The van der Waals surface area contributed by atoms with Crippen LogP contribution in [0.5, 0.6) is 0 Å². The number of carbonyl (C=O) groups is 2. The average Bonchev–Trinajstić information content (AvgIpc) is 2.74. The first-order chi connectivity index (χ1) is 13.4. The van der Waals surface area contributed by atoms with Gasteiger partial charge in [-0.2, -0.15) is 0 Å². The molecule has 1 aliphatic rings. The van der Waals surface area contributed by atoms with Crippen LogP contribution in [0.25, 0.3) is 0 Å². The molecular formula is C21H25FN2O4. The summed E-state index contributed by atoms with van der Waals surface area (Å²) >= 11 is 0. The summed E-state index contributed by atoms with van der Waals surface area (Å²) in [7, 11) is 4.82. The molecule has 6 nitrogen and oxygen atoms in total. The van der Waals surface area contributed by atoms with E-state index < -0.39 is 5.97 Å². The summed E-state index contributed by atoms with van der Waals surface area (Å²) in [5, 5.41) is 0. The van der Waals surface area contributed by atoms with E-state index in [1.807, 2.05) is 24.3 Å². The van der Waals surface area contributed by atoms with Crippen LogP contribution in [0.3, 0.4) is 0 Å². The highest BCUT2D eigenvalue weighted by Gasteiger charge is 2.14. The minimum absolute atomic E-state index is 0.282. The minimum atomic E-state index is -0.454. The molecule has 0 aliphatic carbocycles. The van der Waals surface area contributed by atoms with Crippen LogP contribution in [-0.4, -0.2) is 64.3 Å². The summed E-state index contributed by atoms with van der Waals surface area (Å²) in [6.45, 7) is 4.24. The van der Waals surface area contributed by atoms with Gasteiger partial charge < -0.3 is 19.3 Å². The Bertz CT molecular complexity index is 770. The minimum Gasteiger partial charge on any atom is -0.465 e. The van der Waals surface area contributed by atoms with Gasteiger partial charge in [0.25, 0.3) is 0 Å². The molecule has 1 saturated heterocycles. The third kappa shape index (κ3) is 6.06. The zero-order chi connectivity index (χ0) is 20.5. The lowest BCUT2D eigenvalue weighted by Crippen LogP contribution is -2.44. The largest absolute Gasteiger partial charge is 0.465 e. The summed E-state index contributed by atoms with van der Waals surface area (Å²) in [5.41, 5.74) is 2.13. The number of piperazine rings is 1. The maximum absolute atomic E-state index is 12.3. The van der Waals surface area contributed by atoms with Crippen LogP contribution in [0.1, 0.15) is 20.7 Å². The van der Waals surface area contributed by atoms with Gasteiger partial charge in [-0.25, -0.2) is 14.0 Å². The number of methoxy groups -OCH3 is 2. The number of carbonyl (C=O) groups excluding carboxylic acids is 2. The van der Waals surface area contributed by atoms with Crippen LogP contribution < -0.4 is 4.90 Å². The van der Waals surface area contributed by atoms with Gasteiger partial charge in [-0.05, 0) is 55.6 Å². The summed E-state index contributed by atoms with van der Waals surface area (Å²) in [5.74, 6) is -1.10. The van der Waals surface area contributed by atoms with Gasteiger partial charge in [-0.15, -0.1) is 0 Å². The van der Waals surface area contributed by atoms with Crippen LogP contribution >= 0.6 is 0 Å². The SMILES string of the molecule is COC(=O)c1ccc(F)cc1.COC(=O)c1ccc(N2CCN(C)CC2)cc1. The number of benzene rings is 2. The van der Waals surface area contributed by atoms with E-state index in [0.29, 0.717) is 11.1 Å². The van der Waals surface area contributed by atoms with Crippen molar-refractivity contribution in [2.45, 2.75) is 0 Å². The monoisotopic (exact) mass is 388 g/mol. The van der Waals surface area contributed by atoms with Gasteiger partial charge in [0.1, 0.15) is 5.82 Å². The van der Waals surface area contributed by atoms with Gasteiger partial charge in [0.05, 0.1) is 25.3 Å². The Morgan fingerprint density at radius 1 is 0.786 bits per heavy atom. The molecule has 0 bridgehead atoms. The number of hydrogen-bond donors (Lipinski definition) is 0. The molecular weight excluding hydrogens is 363 g/mol. The molecule has 0 aromatic heterocycles. The molecule has 1 aliphatic heterocycles. The van der Waals surface area contributed by atoms with Crippen molar-refractivity contribution in [3.8, 4) is 0 Å². The molecule has 28 heavy (non-hydrogen) atoms. The lowest BCUT2D eigenvalue weighted by molar-refractivity contribution is 0.0592. The third-order valence-electron chi connectivity index (χ3n) is 4.42. The number of hydrogen-bond acceptors (Lipinski definition) is 6. The van der Waals surface area contributed by atoms with Crippen molar-refractivity contribution in [3.63, 3.8) is 0 Å². The van der Waals surface area contributed by atoms with Gasteiger partial charge in [-0.3, -0.25) is 0 Å². The molecule has 1 fully saturated rings. The van der Waals surface area contributed by atoms with E-state index >= 15 is 0 Å². The van der Waals surface area contributed by atoms with Crippen LogP contribution in [-0.2, 0) is 9.47 Å². The number of rotatable bonds is 3. The molecule has 0 saturated carbocycles. The second-order valence-corrected chi connectivity index (χ2v) is 6.33. The molecule has 2 aromatic carbocycles. The molecule has 0 amide bonds. The Hall–Kier alpha value is -2.93. The predicted molar refractivity (Wildman–Crippen MR) is 105 cm³/mol. The average molecular weight is 388 g/mol. The number of halogens is 1. The predicted octanol–water partition coefficient (Wildman–Crippen LogP) is 2.84. The van der Waals surface area contributed by atoms with E-state index in [4.69, 9.17) is 0 Å². The Morgan fingerprint density at radius 3 is 1.64 bits per heavy atom. The lowest BCUT2D eigenvalue weighted by Gasteiger charge is -2.34. The van der Waals surface area contributed by atoms with E-state index in [1.54, 1.807) is 0 Å². The fourth-order valence-electron chi connectivity index (χ4n) is 2.69. The molecule has 3 rings (SSSR count). The maximum atomic E-state index is 12.3. The Labute approximate surface area is 164 Å². The highest BCUT2D eigenvalue weighted by molar-refractivity contribution is 5.90. The summed E-state index contributed by atoms with van der Waals surface area (Å²) in [6, 6.07) is 12.8. The fourth-order valence-corrected chi connectivity index (χ4v) is 2.69. The Balaban J connectivity index is 0.000000221. The van der Waals surface area contributed by atoms with Crippen molar-refractivity contribution in [1.29, 1.82) is 0 Å². The highest BCUT2D eigenvalue weighted by atomic mass is 19.1. The highest BCUT2D eigenvalue weighted by Crippen LogP contribution is 2.17. The topological polar surface area (TPSA) is 59.1 Å². The van der Waals surface area contributed by atoms with E-state index in [-0.39, 0.29) is 11.8 Å². The standard InChI is InChI=1S/C13H18N2O2.C8H7FO2/c1-14-7-9-15(10-8-14)12-5-3-11(4-6-12)13(16)17-2;1-11-8(10)6-2-4-7(9)5-3-6/h3-6H,7-10H2,1-2H3;2-5H,1H3. The third-order valence-corrected chi connectivity index (χ3v) is 4.42. The Morgan fingerprint density at radius 2 is 1.21 bits per heavy atom. The number of likely N-dealkylation sites (N-methyl/N-ethyl adjacent to an activating group) is 1. The summed E-state index contributed by atoms with van der Waals surface area (Å²) in [6.07, 6.45) is 0. The van der Waals surface area contributed by atoms with Gasteiger partial charge in [0.2, 0.25) is 0 Å². The molecule has 0 spiro atoms. The van der Waals surface area contributed by atoms with Crippen molar-refractivity contribution in [2.24, 2.45) is 0 Å². The van der Waals surface area contributed by atoms with E-state index in [2.05, 4.69) is 26.3 Å². The maximum Gasteiger partial charge on any atom is 0.337 e. The van der Waals surface area contributed by atoms with Crippen LogP contribution in [0, 0.1) is 5.82 Å². The molecule has 0 atom stereocenters. The zero-order valence-electron chi connectivity index (χ0n) is 16.4. The van der Waals surface area contributed by atoms with E-state index in [1.165, 1.54) is 44.2 Å². The summed E-state index contributed by atoms with van der Waals surface area (Å²) < 4.78 is 21.4. The second kappa shape index (κ2) is 10.4. The van der Waals surface area contributed by atoms with Crippen molar-refractivity contribution in [3.05, 3.63) is 65.5 Å². The smallest absolute Gasteiger partial charge is 0.337 e. The van der Waals surface area contributed by atoms with Crippen LogP contribution in [0.4, 0.5) is 10.1 Å². The Kier molecular flexibility index (Phi) is 7.95. The lowest BCUT2D eigenvalue weighted by atomic mass is 10.2. The molecule has 150 valence electrons. The second-order valence-electron chi connectivity index (χ2n) is 6.33. The van der Waals surface area contributed by atoms with Gasteiger partial charge >= 0.3 is 11.9 Å².